The topological polar surface area (TPSA) is 40.7 Å². The number of aromatic nitrogens is 2. The molecule has 96 valence electrons. The monoisotopic (exact) mass is 251 g/mol. The van der Waals surface area contributed by atoms with Gasteiger partial charge in [0.1, 0.15) is 11.6 Å². The molecule has 0 atom stereocenters. The average molecular weight is 251 g/mol. The summed E-state index contributed by atoms with van der Waals surface area (Å²) in [6.07, 6.45) is 0. The SMILES string of the molecule is Cc1n[nH]c(C)c1CNCc1cc(F)ccc1F. The van der Waals surface area contributed by atoms with Crippen LogP contribution in [0.2, 0.25) is 0 Å². The molecule has 1 aromatic heterocycles. The Labute approximate surface area is 104 Å². The van der Waals surface area contributed by atoms with Gasteiger partial charge in [0, 0.05) is 29.9 Å². The van der Waals surface area contributed by atoms with Crippen LogP contribution in [0.1, 0.15) is 22.5 Å². The molecule has 0 radical (unpaired) electrons. The lowest BCUT2D eigenvalue weighted by atomic mass is 10.1. The van der Waals surface area contributed by atoms with Crippen LogP contribution in [-0.2, 0) is 13.1 Å². The van der Waals surface area contributed by atoms with Crippen molar-refractivity contribution in [1.82, 2.24) is 15.5 Å². The standard InChI is InChI=1S/C13H15F2N3/c1-8-12(9(2)18-17-8)7-16-6-10-5-11(14)3-4-13(10)15/h3-5,16H,6-7H2,1-2H3,(H,17,18). The number of rotatable bonds is 4. The van der Waals surface area contributed by atoms with E-state index in [0.29, 0.717) is 12.1 Å². The van der Waals surface area contributed by atoms with Gasteiger partial charge < -0.3 is 5.32 Å². The molecule has 0 saturated heterocycles. The van der Waals surface area contributed by atoms with E-state index in [0.717, 1.165) is 29.1 Å². The van der Waals surface area contributed by atoms with Crippen molar-refractivity contribution in [2.24, 2.45) is 0 Å². The Morgan fingerprint density at radius 1 is 1.22 bits per heavy atom. The molecule has 1 aromatic carbocycles. The highest BCUT2D eigenvalue weighted by molar-refractivity contribution is 5.23. The van der Waals surface area contributed by atoms with Gasteiger partial charge in [-0.25, -0.2) is 8.78 Å². The minimum atomic E-state index is -0.427. The first-order chi connectivity index (χ1) is 8.58. The molecule has 5 heteroatoms. The van der Waals surface area contributed by atoms with Crippen molar-refractivity contribution in [2.75, 3.05) is 0 Å². The summed E-state index contributed by atoms with van der Waals surface area (Å²) in [6.45, 7) is 4.70. The second-order valence-electron chi connectivity index (χ2n) is 4.25. The first-order valence-electron chi connectivity index (χ1n) is 5.73. The molecule has 0 unspecified atom stereocenters. The lowest BCUT2D eigenvalue weighted by Gasteiger charge is -2.06. The van der Waals surface area contributed by atoms with Gasteiger partial charge in [0.15, 0.2) is 0 Å². The van der Waals surface area contributed by atoms with Crippen LogP contribution in [-0.4, -0.2) is 10.2 Å². The van der Waals surface area contributed by atoms with Crippen molar-refractivity contribution in [3.63, 3.8) is 0 Å². The summed E-state index contributed by atoms with van der Waals surface area (Å²) in [4.78, 5) is 0. The molecule has 2 aromatic rings. The van der Waals surface area contributed by atoms with Crippen LogP contribution in [0.25, 0.3) is 0 Å². The highest BCUT2D eigenvalue weighted by Gasteiger charge is 2.07. The fourth-order valence-corrected chi connectivity index (χ4v) is 1.84. The van der Waals surface area contributed by atoms with Gasteiger partial charge in [-0.1, -0.05) is 0 Å². The van der Waals surface area contributed by atoms with Crippen molar-refractivity contribution >= 4 is 0 Å². The van der Waals surface area contributed by atoms with Gasteiger partial charge in [0.2, 0.25) is 0 Å². The fourth-order valence-electron chi connectivity index (χ4n) is 1.84. The normalized spacial score (nSPS) is 10.9. The van der Waals surface area contributed by atoms with Crippen LogP contribution in [0, 0.1) is 25.5 Å². The van der Waals surface area contributed by atoms with E-state index in [9.17, 15) is 8.78 Å². The summed E-state index contributed by atoms with van der Waals surface area (Å²) in [7, 11) is 0. The Hall–Kier alpha value is -1.75. The van der Waals surface area contributed by atoms with Gasteiger partial charge >= 0.3 is 0 Å². The van der Waals surface area contributed by atoms with E-state index in [2.05, 4.69) is 15.5 Å². The fraction of sp³-hybridized carbons (Fsp3) is 0.308. The highest BCUT2D eigenvalue weighted by atomic mass is 19.1. The van der Waals surface area contributed by atoms with E-state index in [1.165, 1.54) is 6.07 Å². The number of aryl methyl sites for hydroxylation is 2. The van der Waals surface area contributed by atoms with Crippen LogP contribution in [0.15, 0.2) is 18.2 Å². The summed E-state index contributed by atoms with van der Waals surface area (Å²) in [5.74, 6) is -0.826. The van der Waals surface area contributed by atoms with Crippen molar-refractivity contribution in [3.8, 4) is 0 Å². The second-order valence-corrected chi connectivity index (χ2v) is 4.25. The molecule has 3 nitrogen and oxygen atoms in total. The predicted molar refractivity (Wildman–Crippen MR) is 65.0 cm³/mol. The molecule has 0 spiro atoms. The summed E-state index contributed by atoms with van der Waals surface area (Å²) < 4.78 is 26.3. The average Bonchev–Trinajstić information content (AvgIpc) is 2.65. The maximum Gasteiger partial charge on any atom is 0.127 e. The molecule has 1 heterocycles. The van der Waals surface area contributed by atoms with Crippen molar-refractivity contribution < 1.29 is 8.78 Å². The number of nitrogens with one attached hydrogen (secondary N) is 2. The van der Waals surface area contributed by atoms with E-state index in [1.54, 1.807) is 0 Å². The van der Waals surface area contributed by atoms with Crippen LogP contribution in [0.5, 0.6) is 0 Å². The van der Waals surface area contributed by atoms with Gasteiger partial charge in [0.25, 0.3) is 0 Å². The van der Waals surface area contributed by atoms with Gasteiger partial charge in [-0.05, 0) is 32.0 Å². The number of hydrogen-bond acceptors (Lipinski definition) is 2. The summed E-state index contributed by atoms with van der Waals surface area (Å²) in [5, 5.41) is 10.0. The number of benzene rings is 1. The summed E-state index contributed by atoms with van der Waals surface area (Å²) in [6, 6.07) is 3.46. The summed E-state index contributed by atoms with van der Waals surface area (Å²) >= 11 is 0. The molecule has 0 amide bonds. The van der Waals surface area contributed by atoms with E-state index in [4.69, 9.17) is 0 Å². The van der Waals surface area contributed by atoms with Gasteiger partial charge in [-0.3, -0.25) is 5.10 Å². The molecule has 0 aliphatic carbocycles. The maximum absolute atomic E-state index is 13.4. The predicted octanol–water partition coefficient (Wildman–Crippen LogP) is 2.59. The number of H-pyrrole nitrogens is 1. The lowest BCUT2D eigenvalue weighted by molar-refractivity contribution is 0.568. The maximum atomic E-state index is 13.4. The van der Waals surface area contributed by atoms with Crippen LogP contribution in [0.4, 0.5) is 8.78 Å². The Kier molecular flexibility index (Phi) is 3.72. The van der Waals surface area contributed by atoms with E-state index in [-0.39, 0.29) is 6.54 Å². The van der Waals surface area contributed by atoms with Gasteiger partial charge in [-0.15, -0.1) is 0 Å². The zero-order chi connectivity index (χ0) is 13.1. The lowest BCUT2D eigenvalue weighted by Crippen LogP contribution is -2.14. The zero-order valence-electron chi connectivity index (χ0n) is 10.3. The zero-order valence-corrected chi connectivity index (χ0v) is 10.3. The number of nitrogens with zero attached hydrogens (tertiary/aromatic N) is 1. The van der Waals surface area contributed by atoms with Crippen LogP contribution in [0.3, 0.4) is 0 Å². The van der Waals surface area contributed by atoms with Gasteiger partial charge in [0.05, 0.1) is 5.69 Å². The molecule has 2 N–H and O–H groups in total. The Bertz CT molecular complexity index is 530. The third-order valence-electron chi connectivity index (χ3n) is 2.91. The smallest absolute Gasteiger partial charge is 0.127 e. The molecule has 0 saturated carbocycles. The van der Waals surface area contributed by atoms with Crippen molar-refractivity contribution in [2.45, 2.75) is 26.9 Å². The Morgan fingerprint density at radius 3 is 2.67 bits per heavy atom. The van der Waals surface area contributed by atoms with Crippen LogP contribution >= 0.6 is 0 Å². The Balaban J connectivity index is 1.98. The highest BCUT2D eigenvalue weighted by Crippen LogP contribution is 2.11. The molecule has 2 rings (SSSR count). The number of hydrogen-bond donors (Lipinski definition) is 2. The number of halogens is 2. The molecule has 0 bridgehead atoms. The minimum absolute atomic E-state index is 0.285. The van der Waals surface area contributed by atoms with Crippen molar-refractivity contribution in [3.05, 3.63) is 52.3 Å². The molecule has 18 heavy (non-hydrogen) atoms. The first-order valence-corrected chi connectivity index (χ1v) is 5.73. The quantitative estimate of drug-likeness (QED) is 0.877. The first kappa shape index (κ1) is 12.7. The molecular formula is C13H15F2N3. The third kappa shape index (κ3) is 2.73. The van der Waals surface area contributed by atoms with Gasteiger partial charge in [-0.2, -0.15) is 5.10 Å². The summed E-state index contributed by atoms with van der Waals surface area (Å²) in [5.41, 5.74) is 3.29. The molecule has 0 aliphatic heterocycles. The van der Waals surface area contributed by atoms with E-state index in [1.807, 2.05) is 13.8 Å². The molecule has 0 fully saturated rings. The largest absolute Gasteiger partial charge is 0.308 e. The Morgan fingerprint density at radius 2 is 2.00 bits per heavy atom. The van der Waals surface area contributed by atoms with Crippen LogP contribution < -0.4 is 5.32 Å². The second kappa shape index (κ2) is 5.27. The van der Waals surface area contributed by atoms with E-state index < -0.39 is 11.6 Å². The van der Waals surface area contributed by atoms with Crippen molar-refractivity contribution in [1.29, 1.82) is 0 Å². The molecular weight excluding hydrogens is 236 g/mol. The van der Waals surface area contributed by atoms with E-state index >= 15 is 0 Å². The minimum Gasteiger partial charge on any atom is -0.308 e. The number of aromatic amines is 1. The third-order valence-corrected chi connectivity index (χ3v) is 2.91. The molecule has 0 aliphatic rings.